The highest BCUT2D eigenvalue weighted by atomic mass is 35.5. The zero-order valence-electron chi connectivity index (χ0n) is 9.31. The van der Waals surface area contributed by atoms with Gasteiger partial charge in [0.1, 0.15) is 10.6 Å². The van der Waals surface area contributed by atoms with E-state index in [1.54, 1.807) is 6.07 Å². The fraction of sp³-hybridized carbons (Fsp3) is 0.400. The lowest BCUT2D eigenvalue weighted by molar-refractivity contribution is 0.289. The molecule has 7 heteroatoms. The molecule has 96 valence electrons. The quantitative estimate of drug-likeness (QED) is 0.762. The Balaban J connectivity index is 3.00. The van der Waals surface area contributed by atoms with E-state index in [0.717, 1.165) is 0 Å². The van der Waals surface area contributed by atoms with Crippen LogP contribution in [-0.4, -0.2) is 33.8 Å². The Hall–Kier alpha value is -0.820. The number of aliphatic hydroxyl groups is 1. The topological polar surface area (TPSA) is 75.6 Å². The van der Waals surface area contributed by atoms with E-state index in [1.165, 1.54) is 19.2 Å². The SMILES string of the molecule is COc1ccc(Cl)cc1S(=O)(=O)NCCCO. The summed E-state index contributed by atoms with van der Waals surface area (Å²) in [6.45, 7) is 0.0870. The van der Waals surface area contributed by atoms with Crippen LogP contribution in [0.1, 0.15) is 6.42 Å². The summed E-state index contributed by atoms with van der Waals surface area (Å²) < 4.78 is 31.1. The molecular weight excluding hydrogens is 266 g/mol. The van der Waals surface area contributed by atoms with Gasteiger partial charge in [-0.05, 0) is 24.6 Å². The van der Waals surface area contributed by atoms with E-state index >= 15 is 0 Å². The molecule has 0 bridgehead atoms. The smallest absolute Gasteiger partial charge is 0.244 e. The molecule has 2 N–H and O–H groups in total. The van der Waals surface area contributed by atoms with Crippen LogP contribution >= 0.6 is 11.6 Å². The van der Waals surface area contributed by atoms with Gasteiger partial charge in [-0.25, -0.2) is 13.1 Å². The standard InChI is InChI=1S/C10H14ClNO4S/c1-16-9-4-3-8(11)7-10(9)17(14,15)12-5-2-6-13/h3-4,7,12-13H,2,5-6H2,1H3. The van der Waals surface area contributed by atoms with E-state index in [1.807, 2.05) is 0 Å². The fourth-order valence-corrected chi connectivity index (χ4v) is 2.73. The minimum absolute atomic E-state index is 0.00885. The maximum Gasteiger partial charge on any atom is 0.244 e. The van der Waals surface area contributed by atoms with Crippen LogP contribution in [0, 0.1) is 0 Å². The van der Waals surface area contributed by atoms with Crippen LogP contribution < -0.4 is 9.46 Å². The number of hydrogen-bond donors (Lipinski definition) is 2. The monoisotopic (exact) mass is 279 g/mol. The predicted molar refractivity (Wildman–Crippen MR) is 64.9 cm³/mol. The first-order valence-electron chi connectivity index (χ1n) is 4.95. The molecule has 0 aliphatic rings. The number of sulfonamides is 1. The zero-order chi connectivity index (χ0) is 12.9. The van der Waals surface area contributed by atoms with Crippen molar-refractivity contribution in [3.63, 3.8) is 0 Å². The minimum atomic E-state index is -3.67. The Morgan fingerprint density at radius 3 is 2.76 bits per heavy atom. The lowest BCUT2D eigenvalue weighted by Gasteiger charge is -2.10. The van der Waals surface area contributed by atoms with Gasteiger partial charge in [-0.3, -0.25) is 0 Å². The van der Waals surface area contributed by atoms with Crippen molar-refractivity contribution in [2.45, 2.75) is 11.3 Å². The second kappa shape index (κ2) is 6.20. The Bertz CT molecular complexity index is 475. The lowest BCUT2D eigenvalue weighted by Crippen LogP contribution is -2.25. The van der Waals surface area contributed by atoms with Crippen molar-refractivity contribution in [1.82, 2.24) is 4.72 Å². The second-order valence-corrected chi connectivity index (χ2v) is 5.44. The maximum absolute atomic E-state index is 11.9. The van der Waals surface area contributed by atoms with E-state index < -0.39 is 10.0 Å². The summed E-state index contributed by atoms with van der Waals surface area (Å²) in [5, 5.41) is 8.91. The van der Waals surface area contributed by atoms with Gasteiger partial charge in [0.15, 0.2) is 0 Å². The number of rotatable bonds is 6. The summed E-state index contributed by atoms with van der Waals surface area (Å²) >= 11 is 5.75. The highest BCUT2D eigenvalue weighted by molar-refractivity contribution is 7.89. The van der Waals surface area contributed by atoms with Crippen LogP contribution in [0.3, 0.4) is 0 Å². The molecule has 0 spiro atoms. The molecule has 1 aromatic rings. The minimum Gasteiger partial charge on any atom is -0.495 e. The summed E-state index contributed by atoms with van der Waals surface area (Å²) in [5.74, 6) is 0.228. The van der Waals surface area contributed by atoms with Crippen molar-refractivity contribution >= 4 is 21.6 Å². The average Bonchev–Trinajstić information content (AvgIpc) is 2.29. The van der Waals surface area contributed by atoms with Crippen molar-refractivity contribution < 1.29 is 18.3 Å². The van der Waals surface area contributed by atoms with E-state index in [4.69, 9.17) is 21.4 Å². The molecular formula is C10H14ClNO4S. The van der Waals surface area contributed by atoms with Gasteiger partial charge in [-0.15, -0.1) is 0 Å². The fourth-order valence-electron chi connectivity index (χ4n) is 1.22. The normalized spacial score (nSPS) is 11.5. The summed E-state index contributed by atoms with van der Waals surface area (Å²) in [6.07, 6.45) is 0.349. The van der Waals surface area contributed by atoms with Crippen molar-refractivity contribution in [2.24, 2.45) is 0 Å². The van der Waals surface area contributed by atoms with Gasteiger partial charge in [0.25, 0.3) is 0 Å². The highest BCUT2D eigenvalue weighted by Crippen LogP contribution is 2.26. The molecule has 1 rings (SSSR count). The Morgan fingerprint density at radius 1 is 1.47 bits per heavy atom. The summed E-state index contributed by atoms with van der Waals surface area (Å²) in [7, 11) is -2.28. The van der Waals surface area contributed by atoms with Crippen LogP contribution in [0.15, 0.2) is 23.1 Å². The van der Waals surface area contributed by atoms with Crippen LogP contribution in [0.5, 0.6) is 5.75 Å². The summed E-state index contributed by atoms with van der Waals surface area (Å²) in [5.41, 5.74) is 0. The van der Waals surface area contributed by atoms with E-state index in [9.17, 15) is 8.42 Å². The second-order valence-electron chi connectivity index (χ2n) is 3.27. The van der Waals surface area contributed by atoms with Crippen LogP contribution in [0.2, 0.25) is 5.02 Å². The van der Waals surface area contributed by atoms with Crippen LogP contribution in [0.4, 0.5) is 0 Å². The molecule has 1 aromatic carbocycles. The van der Waals surface area contributed by atoms with Gasteiger partial charge in [0, 0.05) is 18.2 Å². The Morgan fingerprint density at radius 2 is 2.18 bits per heavy atom. The van der Waals surface area contributed by atoms with Crippen molar-refractivity contribution in [2.75, 3.05) is 20.3 Å². The highest BCUT2D eigenvalue weighted by Gasteiger charge is 2.19. The molecule has 0 aromatic heterocycles. The first-order valence-corrected chi connectivity index (χ1v) is 6.81. The van der Waals surface area contributed by atoms with Gasteiger partial charge in [0.2, 0.25) is 10.0 Å². The van der Waals surface area contributed by atoms with E-state index in [0.29, 0.717) is 11.4 Å². The zero-order valence-corrected chi connectivity index (χ0v) is 10.9. The van der Waals surface area contributed by atoms with Gasteiger partial charge >= 0.3 is 0 Å². The van der Waals surface area contributed by atoms with Crippen LogP contribution in [0.25, 0.3) is 0 Å². The number of benzene rings is 1. The predicted octanol–water partition coefficient (Wildman–Crippen LogP) is 1.01. The third-order valence-electron chi connectivity index (χ3n) is 2.04. The Kier molecular flexibility index (Phi) is 5.20. The number of ether oxygens (including phenoxy) is 1. The molecule has 0 amide bonds. The number of hydrogen-bond acceptors (Lipinski definition) is 4. The first kappa shape index (κ1) is 14.2. The lowest BCUT2D eigenvalue weighted by atomic mass is 10.3. The average molecular weight is 280 g/mol. The van der Waals surface area contributed by atoms with Crippen LogP contribution in [-0.2, 0) is 10.0 Å². The molecule has 0 saturated heterocycles. The number of aliphatic hydroxyl groups excluding tert-OH is 1. The molecule has 0 saturated carbocycles. The molecule has 5 nitrogen and oxygen atoms in total. The third-order valence-corrected chi connectivity index (χ3v) is 3.76. The van der Waals surface area contributed by atoms with Crippen molar-refractivity contribution in [3.05, 3.63) is 23.2 Å². The molecule has 0 unspecified atom stereocenters. The Labute approximate surface area is 105 Å². The van der Waals surface area contributed by atoms with Gasteiger partial charge in [-0.2, -0.15) is 0 Å². The molecule has 0 fully saturated rings. The molecule has 0 aliphatic heterocycles. The van der Waals surface area contributed by atoms with Gasteiger partial charge in [-0.1, -0.05) is 11.6 Å². The number of nitrogens with one attached hydrogen (secondary N) is 1. The third kappa shape index (κ3) is 3.85. The van der Waals surface area contributed by atoms with Gasteiger partial charge in [0.05, 0.1) is 7.11 Å². The maximum atomic E-state index is 11.9. The number of halogens is 1. The largest absolute Gasteiger partial charge is 0.495 e. The van der Waals surface area contributed by atoms with E-state index in [2.05, 4.69) is 4.72 Å². The summed E-state index contributed by atoms with van der Waals surface area (Å²) in [4.78, 5) is -0.00885. The molecule has 0 aliphatic carbocycles. The molecule has 0 atom stereocenters. The molecule has 17 heavy (non-hydrogen) atoms. The first-order chi connectivity index (χ1) is 8.01. The summed E-state index contributed by atoms with van der Waals surface area (Å²) in [6, 6.07) is 4.36. The van der Waals surface area contributed by atoms with E-state index in [-0.39, 0.29) is 23.8 Å². The van der Waals surface area contributed by atoms with Crippen molar-refractivity contribution in [3.8, 4) is 5.75 Å². The van der Waals surface area contributed by atoms with Gasteiger partial charge < -0.3 is 9.84 Å². The molecule has 0 heterocycles. The number of methoxy groups -OCH3 is 1. The molecule has 0 radical (unpaired) electrons. The van der Waals surface area contributed by atoms with Crippen molar-refractivity contribution in [1.29, 1.82) is 0 Å².